The van der Waals surface area contributed by atoms with Crippen LogP contribution in [0.5, 0.6) is 0 Å². The maximum absolute atomic E-state index is 12.8. The number of carbonyl (C=O) groups is 4. The first-order chi connectivity index (χ1) is 16.7. The number of ether oxygens (including phenoxy) is 1. The van der Waals surface area contributed by atoms with Crippen LogP contribution in [0.2, 0.25) is 0 Å². The minimum absolute atomic E-state index is 0.0931. The number of non-ortho nitro benzene ring substituents is 1. The lowest BCUT2D eigenvalue weighted by atomic mass is 10.0. The number of benzene rings is 2. The van der Waals surface area contributed by atoms with Crippen LogP contribution in [0.3, 0.4) is 0 Å². The molecule has 10 nitrogen and oxygen atoms in total. The molecule has 0 unspecified atom stereocenters. The highest BCUT2D eigenvalue weighted by Gasteiger charge is 2.36. The Balaban J connectivity index is 1.63. The Bertz CT molecular complexity index is 1340. The number of nitrogens with one attached hydrogen (secondary N) is 1. The average Bonchev–Trinajstić information content (AvgIpc) is 3.28. The maximum Gasteiger partial charge on any atom is 0.341 e. The minimum Gasteiger partial charge on any atom is -0.462 e. The van der Waals surface area contributed by atoms with Gasteiger partial charge in [0, 0.05) is 22.6 Å². The Morgan fingerprint density at radius 2 is 1.66 bits per heavy atom. The number of nitro groups is 1. The van der Waals surface area contributed by atoms with Crippen molar-refractivity contribution in [1.82, 2.24) is 4.90 Å². The molecule has 1 N–H and O–H groups in total. The lowest BCUT2D eigenvalue weighted by molar-refractivity contribution is -0.384. The molecule has 3 aromatic rings. The first-order valence-electron chi connectivity index (χ1n) is 10.5. The summed E-state index contributed by atoms with van der Waals surface area (Å²) >= 11 is 1.12. The highest BCUT2D eigenvalue weighted by atomic mass is 32.1. The molecule has 0 atom stereocenters. The Kier molecular flexibility index (Phi) is 6.43. The van der Waals surface area contributed by atoms with E-state index < -0.39 is 35.2 Å². The fraction of sp³-hybridized carbons (Fsp3) is 0.167. The number of nitrogens with zero attached hydrogens (tertiary/aromatic N) is 2. The highest BCUT2D eigenvalue weighted by molar-refractivity contribution is 7.17. The van der Waals surface area contributed by atoms with Crippen molar-refractivity contribution in [2.24, 2.45) is 0 Å². The zero-order valence-corrected chi connectivity index (χ0v) is 19.5. The first-order valence-corrected chi connectivity index (χ1v) is 11.3. The molecule has 178 valence electrons. The van der Waals surface area contributed by atoms with Crippen molar-refractivity contribution in [2.75, 3.05) is 18.5 Å². The zero-order chi connectivity index (χ0) is 25.3. The smallest absolute Gasteiger partial charge is 0.341 e. The van der Waals surface area contributed by atoms with E-state index in [0.29, 0.717) is 16.0 Å². The van der Waals surface area contributed by atoms with Crippen LogP contribution in [0.25, 0.3) is 11.1 Å². The highest BCUT2D eigenvalue weighted by Crippen LogP contribution is 2.41. The summed E-state index contributed by atoms with van der Waals surface area (Å²) in [7, 11) is 0. The number of esters is 1. The molecule has 4 rings (SSSR count). The Morgan fingerprint density at radius 3 is 2.20 bits per heavy atom. The summed E-state index contributed by atoms with van der Waals surface area (Å²) in [5, 5.41) is 13.8. The predicted octanol–water partition coefficient (Wildman–Crippen LogP) is 4.04. The van der Waals surface area contributed by atoms with E-state index in [9.17, 15) is 29.3 Å². The Hall–Kier alpha value is -4.38. The molecule has 2 heterocycles. The van der Waals surface area contributed by atoms with E-state index >= 15 is 0 Å². The summed E-state index contributed by atoms with van der Waals surface area (Å²) in [6.45, 7) is 2.95. The van der Waals surface area contributed by atoms with Gasteiger partial charge >= 0.3 is 5.97 Å². The first kappa shape index (κ1) is 23.8. The van der Waals surface area contributed by atoms with Gasteiger partial charge in [-0.2, -0.15) is 0 Å². The van der Waals surface area contributed by atoms with Crippen LogP contribution >= 0.6 is 11.3 Å². The van der Waals surface area contributed by atoms with Crippen LogP contribution in [-0.4, -0.2) is 46.7 Å². The molecule has 0 saturated heterocycles. The van der Waals surface area contributed by atoms with E-state index in [0.717, 1.165) is 16.2 Å². The third kappa shape index (κ3) is 4.41. The number of thiophene rings is 1. The summed E-state index contributed by atoms with van der Waals surface area (Å²) in [4.78, 5) is 62.8. The van der Waals surface area contributed by atoms with E-state index in [1.165, 1.54) is 36.4 Å². The molecule has 0 aliphatic carbocycles. The minimum atomic E-state index is -0.679. The normalized spacial score (nSPS) is 12.5. The van der Waals surface area contributed by atoms with E-state index in [4.69, 9.17) is 4.74 Å². The number of anilines is 1. The summed E-state index contributed by atoms with van der Waals surface area (Å²) in [6, 6.07) is 12.0. The van der Waals surface area contributed by atoms with Crippen molar-refractivity contribution in [1.29, 1.82) is 0 Å². The van der Waals surface area contributed by atoms with Gasteiger partial charge in [-0.05, 0) is 43.7 Å². The molecule has 35 heavy (non-hydrogen) atoms. The van der Waals surface area contributed by atoms with Crippen molar-refractivity contribution < 1.29 is 28.8 Å². The molecule has 1 aromatic heterocycles. The second-order valence-corrected chi connectivity index (χ2v) is 8.78. The van der Waals surface area contributed by atoms with Gasteiger partial charge in [0.25, 0.3) is 17.5 Å². The monoisotopic (exact) mass is 493 g/mol. The third-order valence-electron chi connectivity index (χ3n) is 5.36. The van der Waals surface area contributed by atoms with Crippen molar-refractivity contribution in [3.63, 3.8) is 0 Å². The van der Waals surface area contributed by atoms with Gasteiger partial charge in [-0.25, -0.2) is 4.79 Å². The third-order valence-corrected chi connectivity index (χ3v) is 6.38. The van der Waals surface area contributed by atoms with Crippen molar-refractivity contribution >= 4 is 45.7 Å². The number of nitro benzene ring substituents is 1. The van der Waals surface area contributed by atoms with E-state index in [1.807, 2.05) is 0 Å². The van der Waals surface area contributed by atoms with E-state index in [-0.39, 0.29) is 34.0 Å². The second-order valence-electron chi connectivity index (χ2n) is 7.55. The molecule has 1 aliphatic heterocycles. The van der Waals surface area contributed by atoms with Crippen LogP contribution in [0.4, 0.5) is 10.7 Å². The number of fused-ring (bicyclic) bond motifs is 1. The number of hydrogen-bond donors (Lipinski definition) is 1. The topological polar surface area (TPSA) is 136 Å². The lowest BCUT2D eigenvalue weighted by Gasteiger charge is -2.14. The largest absolute Gasteiger partial charge is 0.462 e. The molecule has 0 radical (unpaired) electrons. The summed E-state index contributed by atoms with van der Waals surface area (Å²) in [5.41, 5.74) is 1.45. The van der Waals surface area contributed by atoms with Crippen LogP contribution in [0, 0.1) is 17.0 Å². The number of rotatable bonds is 7. The van der Waals surface area contributed by atoms with Gasteiger partial charge in [-0.15, -0.1) is 11.3 Å². The molecule has 0 fully saturated rings. The molecule has 2 aromatic carbocycles. The zero-order valence-electron chi connectivity index (χ0n) is 18.7. The van der Waals surface area contributed by atoms with Gasteiger partial charge in [0.1, 0.15) is 17.1 Å². The number of hydrogen-bond acceptors (Lipinski definition) is 8. The lowest BCUT2D eigenvalue weighted by Crippen LogP contribution is -2.37. The predicted molar refractivity (Wildman–Crippen MR) is 128 cm³/mol. The maximum atomic E-state index is 12.8. The molecule has 0 saturated carbocycles. The Morgan fingerprint density at radius 1 is 1.06 bits per heavy atom. The fourth-order valence-corrected chi connectivity index (χ4v) is 4.90. The molecular formula is C24H19N3O7S. The van der Waals surface area contributed by atoms with Gasteiger partial charge < -0.3 is 10.1 Å². The van der Waals surface area contributed by atoms with Crippen LogP contribution in [0.1, 0.15) is 42.9 Å². The van der Waals surface area contributed by atoms with Gasteiger partial charge in [0.05, 0.1) is 22.7 Å². The number of carbonyl (C=O) groups excluding carboxylic acids is 4. The summed E-state index contributed by atoms with van der Waals surface area (Å²) < 4.78 is 5.19. The fourth-order valence-electron chi connectivity index (χ4n) is 3.82. The molecule has 0 bridgehead atoms. The Labute approximate surface area is 203 Å². The standard InChI is InChI=1S/C24H19N3O7S/c1-3-34-24(31)20-19(14-8-10-15(11-9-14)27(32)33)13(2)35-21(20)25-18(28)12-26-22(29)16-6-4-5-7-17(16)23(26)30/h4-11H,3,12H2,1-2H3,(H,25,28). The quantitative estimate of drug-likeness (QED) is 0.227. The average molecular weight is 493 g/mol. The molecule has 3 amide bonds. The molecule has 1 aliphatic rings. The molecule has 0 spiro atoms. The van der Waals surface area contributed by atoms with Gasteiger partial charge in [-0.1, -0.05) is 12.1 Å². The van der Waals surface area contributed by atoms with Gasteiger partial charge in [0.15, 0.2) is 0 Å². The van der Waals surface area contributed by atoms with E-state index in [1.54, 1.807) is 26.0 Å². The van der Waals surface area contributed by atoms with Crippen molar-refractivity contribution in [2.45, 2.75) is 13.8 Å². The molecular weight excluding hydrogens is 474 g/mol. The number of aryl methyl sites for hydroxylation is 1. The van der Waals surface area contributed by atoms with Crippen LogP contribution in [0.15, 0.2) is 48.5 Å². The van der Waals surface area contributed by atoms with Gasteiger partial charge in [-0.3, -0.25) is 29.4 Å². The van der Waals surface area contributed by atoms with Crippen LogP contribution < -0.4 is 5.32 Å². The number of amides is 3. The molecule has 11 heteroatoms. The SMILES string of the molecule is CCOC(=O)c1c(NC(=O)CN2C(=O)c3ccccc3C2=O)sc(C)c1-c1ccc([N+](=O)[O-])cc1. The van der Waals surface area contributed by atoms with Crippen molar-refractivity contribution in [3.8, 4) is 11.1 Å². The van der Waals surface area contributed by atoms with Crippen molar-refractivity contribution in [3.05, 3.63) is 80.2 Å². The van der Waals surface area contributed by atoms with E-state index in [2.05, 4.69) is 5.32 Å². The van der Waals surface area contributed by atoms with Crippen LogP contribution in [-0.2, 0) is 9.53 Å². The van der Waals surface area contributed by atoms with Gasteiger partial charge in [0.2, 0.25) is 5.91 Å². The second kappa shape index (κ2) is 9.47. The number of imide groups is 1. The summed E-state index contributed by atoms with van der Waals surface area (Å²) in [6.07, 6.45) is 0. The summed E-state index contributed by atoms with van der Waals surface area (Å²) in [5.74, 6) is -2.48.